The molecule has 100 valence electrons. The third-order valence-electron chi connectivity index (χ3n) is 2.74. The van der Waals surface area contributed by atoms with Crippen molar-refractivity contribution in [1.29, 1.82) is 0 Å². The van der Waals surface area contributed by atoms with Gasteiger partial charge in [0.1, 0.15) is 11.9 Å². The Morgan fingerprint density at radius 2 is 1.95 bits per heavy atom. The highest BCUT2D eigenvalue weighted by molar-refractivity contribution is 6.33. The molecule has 0 amide bonds. The first-order valence-electron chi connectivity index (χ1n) is 5.97. The van der Waals surface area contributed by atoms with Gasteiger partial charge in [0.05, 0.1) is 6.61 Å². The maximum absolute atomic E-state index is 10.4. The van der Waals surface area contributed by atoms with Crippen LogP contribution in [0.2, 0.25) is 10.0 Å². The van der Waals surface area contributed by atoms with Crippen LogP contribution in [-0.4, -0.2) is 11.7 Å². The summed E-state index contributed by atoms with van der Waals surface area (Å²) in [6, 6.07) is 12.3. The zero-order valence-electron chi connectivity index (χ0n) is 10.4. The highest BCUT2D eigenvalue weighted by Crippen LogP contribution is 2.31. The molecule has 4 heteroatoms. The van der Waals surface area contributed by atoms with Gasteiger partial charge >= 0.3 is 0 Å². The second-order valence-corrected chi connectivity index (χ2v) is 4.92. The van der Waals surface area contributed by atoms with Crippen molar-refractivity contribution in [2.75, 3.05) is 6.61 Å². The van der Waals surface area contributed by atoms with Crippen molar-refractivity contribution >= 4 is 23.2 Å². The number of halogens is 2. The zero-order valence-corrected chi connectivity index (χ0v) is 11.9. The molecule has 0 radical (unpaired) electrons. The quantitative estimate of drug-likeness (QED) is 0.902. The summed E-state index contributed by atoms with van der Waals surface area (Å²) in [6.45, 7) is 2.49. The molecule has 19 heavy (non-hydrogen) atoms. The maximum atomic E-state index is 10.4. The Morgan fingerprint density at radius 3 is 2.68 bits per heavy atom. The summed E-state index contributed by atoms with van der Waals surface area (Å²) in [6.07, 6.45) is -0.827. The Bertz CT molecular complexity index is 570. The van der Waals surface area contributed by atoms with Crippen LogP contribution in [-0.2, 0) is 0 Å². The largest absolute Gasteiger partial charge is 0.494 e. The van der Waals surface area contributed by atoms with Crippen molar-refractivity contribution in [3.8, 4) is 5.75 Å². The maximum Gasteiger partial charge on any atom is 0.119 e. The minimum Gasteiger partial charge on any atom is -0.494 e. The standard InChI is InChI=1S/C15H14Cl2O2/c1-2-19-12-5-3-4-10(8-12)15(18)13-9-11(16)6-7-14(13)17/h3-9,15,18H,2H2,1H3. The molecule has 1 N–H and O–H groups in total. The van der Waals surface area contributed by atoms with Gasteiger partial charge in [0, 0.05) is 15.6 Å². The lowest BCUT2D eigenvalue weighted by atomic mass is 10.0. The van der Waals surface area contributed by atoms with Gasteiger partial charge in [-0.05, 0) is 42.8 Å². The van der Waals surface area contributed by atoms with E-state index in [0.717, 1.165) is 11.3 Å². The van der Waals surface area contributed by atoms with Gasteiger partial charge in [-0.2, -0.15) is 0 Å². The van der Waals surface area contributed by atoms with E-state index in [-0.39, 0.29) is 0 Å². The van der Waals surface area contributed by atoms with Crippen molar-refractivity contribution in [3.05, 3.63) is 63.6 Å². The van der Waals surface area contributed by atoms with Crippen LogP contribution in [0.3, 0.4) is 0 Å². The van der Waals surface area contributed by atoms with E-state index in [0.29, 0.717) is 22.2 Å². The molecule has 0 saturated carbocycles. The molecule has 0 fully saturated rings. The Kier molecular flexibility index (Phi) is 4.70. The van der Waals surface area contributed by atoms with Crippen LogP contribution in [0.5, 0.6) is 5.75 Å². The Morgan fingerprint density at radius 1 is 1.16 bits per heavy atom. The minimum absolute atomic E-state index is 0.485. The molecule has 0 saturated heterocycles. The second-order valence-electron chi connectivity index (χ2n) is 4.07. The fourth-order valence-electron chi connectivity index (χ4n) is 1.84. The average Bonchev–Trinajstić information content (AvgIpc) is 2.41. The summed E-state index contributed by atoms with van der Waals surface area (Å²) in [5, 5.41) is 11.4. The van der Waals surface area contributed by atoms with Crippen molar-refractivity contribution in [2.24, 2.45) is 0 Å². The number of ether oxygens (including phenoxy) is 1. The number of benzene rings is 2. The summed E-state index contributed by atoms with van der Waals surface area (Å²) >= 11 is 12.0. The molecule has 2 rings (SSSR count). The van der Waals surface area contributed by atoms with Gasteiger partial charge in [0.15, 0.2) is 0 Å². The second kappa shape index (κ2) is 6.29. The lowest BCUT2D eigenvalue weighted by Crippen LogP contribution is -2.01. The number of aliphatic hydroxyl groups is 1. The van der Waals surface area contributed by atoms with Crippen LogP contribution in [0.25, 0.3) is 0 Å². The van der Waals surface area contributed by atoms with E-state index in [9.17, 15) is 5.11 Å². The molecular weight excluding hydrogens is 283 g/mol. The van der Waals surface area contributed by atoms with Gasteiger partial charge in [0.25, 0.3) is 0 Å². The highest BCUT2D eigenvalue weighted by atomic mass is 35.5. The summed E-state index contributed by atoms with van der Waals surface area (Å²) in [5.41, 5.74) is 1.30. The van der Waals surface area contributed by atoms with Crippen LogP contribution in [0.4, 0.5) is 0 Å². The number of rotatable bonds is 4. The molecule has 0 aromatic heterocycles. The molecule has 0 aliphatic rings. The minimum atomic E-state index is -0.827. The van der Waals surface area contributed by atoms with Gasteiger partial charge in [-0.15, -0.1) is 0 Å². The van der Waals surface area contributed by atoms with Gasteiger partial charge in [-0.25, -0.2) is 0 Å². The Balaban J connectivity index is 2.35. The third kappa shape index (κ3) is 3.41. The first kappa shape index (κ1) is 14.2. The number of hydrogen-bond acceptors (Lipinski definition) is 2. The van der Waals surface area contributed by atoms with Gasteiger partial charge in [0.2, 0.25) is 0 Å². The molecule has 2 aromatic rings. The van der Waals surface area contributed by atoms with Crippen molar-refractivity contribution < 1.29 is 9.84 Å². The van der Waals surface area contributed by atoms with Crippen LogP contribution >= 0.6 is 23.2 Å². The number of aliphatic hydroxyl groups excluding tert-OH is 1. The predicted octanol–water partition coefficient (Wildman–Crippen LogP) is 4.47. The summed E-state index contributed by atoms with van der Waals surface area (Å²) in [5.74, 6) is 0.720. The van der Waals surface area contributed by atoms with E-state index < -0.39 is 6.10 Å². The highest BCUT2D eigenvalue weighted by Gasteiger charge is 2.15. The lowest BCUT2D eigenvalue weighted by Gasteiger charge is -2.14. The van der Waals surface area contributed by atoms with Crippen LogP contribution in [0.1, 0.15) is 24.2 Å². The third-order valence-corrected chi connectivity index (χ3v) is 3.32. The lowest BCUT2D eigenvalue weighted by molar-refractivity contribution is 0.219. The van der Waals surface area contributed by atoms with Crippen LogP contribution in [0.15, 0.2) is 42.5 Å². The molecule has 0 spiro atoms. The molecule has 0 aliphatic heterocycles. The first-order chi connectivity index (χ1) is 9.11. The Hall–Kier alpha value is -1.22. The summed E-state index contributed by atoms with van der Waals surface area (Å²) in [4.78, 5) is 0. The SMILES string of the molecule is CCOc1cccc(C(O)c2cc(Cl)ccc2Cl)c1. The zero-order chi connectivity index (χ0) is 13.8. The van der Waals surface area contributed by atoms with Gasteiger partial charge in [-0.3, -0.25) is 0 Å². The summed E-state index contributed by atoms with van der Waals surface area (Å²) < 4.78 is 5.42. The molecule has 2 nitrogen and oxygen atoms in total. The molecule has 2 aromatic carbocycles. The predicted molar refractivity (Wildman–Crippen MR) is 78.1 cm³/mol. The van der Waals surface area contributed by atoms with E-state index in [1.54, 1.807) is 24.3 Å². The van der Waals surface area contributed by atoms with Crippen molar-refractivity contribution in [1.82, 2.24) is 0 Å². The molecule has 0 aliphatic carbocycles. The van der Waals surface area contributed by atoms with Crippen LogP contribution in [0, 0.1) is 0 Å². The molecular formula is C15H14Cl2O2. The fourth-order valence-corrected chi connectivity index (χ4v) is 2.25. The molecule has 1 atom stereocenters. The number of hydrogen-bond donors (Lipinski definition) is 1. The van der Waals surface area contributed by atoms with Crippen molar-refractivity contribution in [3.63, 3.8) is 0 Å². The van der Waals surface area contributed by atoms with E-state index in [4.69, 9.17) is 27.9 Å². The van der Waals surface area contributed by atoms with E-state index in [1.165, 1.54) is 0 Å². The fraction of sp³-hybridized carbons (Fsp3) is 0.200. The normalized spacial score (nSPS) is 12.2. The first-order valence-corrected chi connectivity index (χ1v) is 6.73. The van der Waals surface area contributed by atoms with E-state index in [1.807, 2.05) is 25.1 Å². The monoisotopic (exact) mass is 296 g/mol. The average molecular weight is 297 g/mol. The van der Waals surface area contributed by atoms with Gasteiger partial charge < -0.3 is 9.84 Å². The molecule has 1 unspecified atom stereocenters. The summed E-state index contributed by atoms with van der Waals surface area (Å²) in [7, 11) is 0. The van der Waals surface area contributed by atoms with Crippen LogP contribution < -0.4 is 4.74 Å². The van der Waals surface area contributed by atoms with Crippen molar-refractivity contribution in [2.45, 2.75) is 13.0 Å². The molecule has 0 heterocycles. The van der Waals surface area contributed by atoms with E-state index >= 15 is 0 Å². The van der Waals surface area contributed by atoms with Gasteiger partial charge in [-0.1, -0.05) is 35.3 Å². The smallest absolute Gasteiger partial charge is 0.119 e. The molecule has 0 bridgehead atoms. The Labute approximate surface area is 122 Å². The topological polar surface area (TPSA) is 29.5 Å². The van der Waals surface area contributed by atoms with E-state index in [2.05, 4.69) is 0 Å².